The van der Waals surface area contributed by atoms with Crippen LogP contribution in [0.15, 0.2) is 66.7 Å². The summed E-state index contributed by atoms with van der Waals surface area (Å²) in [4.78, 5) is 43.0. The molecule has 3 aliphatic rings. The van der Waals surface area contributed by atoms with E-state index < -0.39 is 0 Å². The predicted octanol–water partition coefficient (Wildman–Crippen LogP) is 1.58. The number of rotatable bonds is 4. The molecule has 3 heterocycles. The number of anilines is 2. The molecule has 37 heavy (non-hydrogen) atoms. The number of carbonyl (C=O) groups excluding carboxylic acids is 3. The quantitative estimate of drug-likeness (QED) is 0.543. The second-order valence-corrected chi connectivity index (χ2v) is 9.36. The van der Waals surface area contributed by atoms with Gasteiger partial charge in [-0.15, -0.1) is 0 Å². The lowest BCUT2D eigenvalue weighted by Gasteiger charge is -2.38. The van der Waals surface area contributed by atoms with Gasteiger partial charge >= 0.3 is 0 Å². The molecule has 0 spiro atoms. The highest BCUT2D eigenvalue weighted by Gasteiger charge is 2.42. The monoisotopic (exact) mass is 498 g/mol. The number of amides is 3. The first-order valence-corrected chi connectivity index (χ1v) is 12.4. The summed E-state index contributed by atoms with van der Waals surface area (Å²) < 4.78 is 1.69. The summed E-state index contributed by atoms with van der Waals surface area (Å²) in [6.07, 6.45) is 5.01. The van der Waals surface area contributed by atoms with E-state index in [1.807, 2.05) is 42.5 Å². The number of hydrogen-bond acceptors (Lipinski definition) is 7. The minimum absolute atomic E-state index is 0.126. The number of benzene rings is 2. The molecule has 0 radical (unpaired) electrons. The summed E-state index contributed by atoms with van der Waals surface area (Å²) in [6.45, 7) is 2.16. The average Bonchev–Trinajstić information content (AvgIpc) is 3.45. The molecule has 3 aromatic rings. The molecule has 1 aromatic heterocycles. The Labute approximate surface area is 213 Å². The van der Waals surface area contributed by atoms with Crippen molar-refractivity contribution in [2.24, 2.45) is 11.8 Å². The third-order valence-electron chi connectivity index (χ3n) is 7.18. The molecule has 2 aromatic carbocycles. The van der Waals surface area contributed by atoms with E-state index in [1.54, 1.807) is 33.8 Å². The summed E-state index contributed by atoms with van der Waals surface area (Å²) in [7, 11) is 0. The molecule has 2 aliphatic heterocycles. The van der Waals surface area contributed by atoms with Gasteiger partial charge in [0, 0.05) is 31.7 Å². The Kier molecular flexibility index (Phi) is 5.87. The highest BCUT2D eigenvalue weighted by molar-refractivity contribution is 6.05. The molecule has 2 atom stereocenters. The fourth-order valence-electron chi connectivity index (χ4n) is 5.17. The van der Waals surface area contributed by atoms with Crippen LogP contribution >= 0.6 is 0 Å². The van der Waals surface area contributed by atoms with E-state index >= 15 is 0 Å². The van der Waals surface area contributed by atoms with Crippen LogP contribution in [0.5, 0.6) is 0 Å². The SMILES string of the molecule is O=C1NN(c2cccc(C(=O)N3CCN(c4nnnn4-c4ccccc4)CC3)c2)C(=O)C2CC=CCC12. The van der Waals surface area contributed by atoms with Gasteiger partial charge in [-0.1, -0.05) is 41.5 Å². The Bertz CT molecular complexity index is 1360. The number of nitrogens with one attached hydrogen (secondary N) is 1. The first-order valence-electron chi connectivity index (χ1n) is 12.4. The van der Waals surface area contributed by atoms with E-state index in [0.717, 1.165) is 5.69 Å². The molecule has 1 N–H and O–H groups in total. The molecule has 0 bridgehead atoms. The maximum Gasteiger partial charge on any atom is 0.254 e. The van der Waals surface area contributed by atoms with Crippen molar-refractivity contribution >= 4 is 29.4 Å². The lowest BCUT2D eigenvalue weighted by Crippen LogP contribution is -2.59. The van der Waals surface area contributed by atoms with Crippen molar-refractivity contribution in [3.8, 4) is 5.69 Å². The van der Waals surface area contributed by atoms with Gasteiger partial charge in [0.15, 0.2) is 0 Å². The van der Waals surface area contributed by atoms with Crippen LogP contribution in [0.3, 0.4) is 0 Å². The topological polar surface area (TPSA) is 117 Å². The number of allylic oxidation sites excluding steroid dienone is 2. The smallest absolute Gasteiger partial charge is 0.254 e. The van der Waals surface area contributed by atoms with Gasteiger partial charge in [-0.3, -0.25) is 19.8 Å². The van der Waals surface area contributed by atoms with E-state index in [9.17, 15) is 14.4 Å². The Balaban J connectivity index is 1.14. The number of tetrazole rings is 1. The molecular weight excluding hydrogens is 472 g/mol. The van der Waals surface area contributed by atoms with E-state index in [2.05, 4.69) is 25.9 Å². The van der Waals surface area contributed by atoms with Crippen LogP contribution in [0.2, 0.25) is 0 Å². The van der Waals surface area contributed by atoms with Crippen molar-refractivity contribution in [3.05, 3.63) is 72.3 Å². The number of para-hydroxylation sites is 1. The number of aromatic nitrogens is 4. The van der Waals surface area contributed by atoms with Gasteiger partial charge in [0.05, 0.1) is 23.2 Å². The van der Waals surface area contributed by atoms with Gasteiger partial charge in [-0.25, -0.2) is 5.01 Å². The maximum atomic E-state index is 13.4. The summed E-state index contributed by atoms with van der Waals surface area (Å²) >= 11 is 0. The number of hydrazine groups is 1. The lowest BCUT2D eigenvalue weighted by molar-refractivity contribution is -0.139. The molecular formula is C26H26N8O3. The minimum Gasteiger partial charge on any atom is -0.336 e. The van der Waals surface area contributed by atoms with Crippen LogP contribution in [-0.4, -0.2) is 69.0 Å². The molecule has 2 unspecified atom stereocenters. The van der Waals surface area contributed by atoms with E-state index in [4.69, 9.17) is 0 Å². The van der Waals surface area contributed by atoms with Crippen LogP contribution in [0.4, 0.5) is 11.6 Å². The average molecular weight is 499 g/mol. The molecule has 2 saturated heterocycles. The number of nitrogens with zero attached hydrogens (tertiary/aromatic N) is 7. The normalized spacial score (nSPS) is 21.6. The van der Waals surface area contributed by atoms with E-state index in [0.29, 0.717) is 56.2 Å². The molecule has 1 aliphatic carbocycles. The van der Waals surface area contributed by atoms with Crippen molar-refractivity contribution in [2.45, 2.75) is 12.8 Å². The maximum absolute atomic E-state index is 13.4. The van der Waals surface area contributed by atoms with Gasteiger partial charge < -0.3 is 9.80 Å². The fourth-order valence-corrected chi connectivity index (χ4v) is 5.17. The van der Waals surface area contributed by atoms with E-state index in [1.165, 1.54) is 5.01 Å². The molecule has 3 amide bonds. The first kappa shape index (κ1) is 22.9. The van der Waals surface area contributed by atoms with Crippen molar-refractivity contribution < 1.29 is 14.4 Å². The largest absolute Gasteiger partial charge is 0.336 e. The molecule has 188 valence electrons. The summed E-state index contributed by atoms with van der Waals surface area (Å²) in [5, 5.41) is 13.5. The zero-order chi connectivity index (χ0) is 25.4. The van der Waals surface area contributed by atoms with Crippen molar-refractivity contribution in [3.63, 3.8) is 0 Å². The second kappa shape index (κ2) is 9.49. The van der Waals surface area contributed by atoms with Crippen molar-refractivity contribution in [1.29, 1.82) is 0 Å². The highest BCUT2D eigenvalue weighted by atomic mass is 16.2. The van der Waals surface area contributed by atoms with Gasteiger partial charge in [0.25, 0.3) is 5.91 Å². The lowest BCUT2D eigenvalue weighted by atomic mass is 9.80. The third-order valence-corrected chi connectivity index (χ3v) is 7.18. The Hall–Kier alpha value is -4.54. The van der Waals surface area contributed by atoms with Crippen molar-refractivity contribution in [1.82, 2.24) is 30.5 Å². The van der Waals surface area contributed by atoms with Gasteiger partial charge in [0.1, 0.15) is 0 Å². The third kappa shape index (κ3) is 4.22. The Morgan fingerprint density at radius 1 is 0.865 bits per heavy atom. The molecule has 2 fully saturated rings. The standard InChI is InChI=1S/C26H26N8O3/c35-23-21-11-4-5-12-22(21)25(37)33(28-23)20-10-6-7-18(17-20)24(36)31-13-15-32(16-14-31)26-27-29-30-34(26)19-8-2-1-3-9-19/h1-10,17,21-22H,11-16H2,(H,28,35). The fraction of sp³-hybridized carbons (Fsp3) is 0.308. The van der Waals surface area contributed by atoms with E-state index in [-0.39, 0.29) is 29.6 Å². The number of hydrogen-bond donors (Lipinski definition) is 1. The Morgan fingerprint density at radius 3 is 2.38 bits per heavy atom. The van der Waals surface area contributed by atoms with Gasteiger partial charge in [-0.2, -0.15) is 4.68 Å². The van der Waals surface area contributed by atoms with Crippen molar-refractivity contribution in [2.75, 3.05) is 36.1 Å². The van der Waals surface area contributed by atoms with Crippen LogP contribution in [-0.2, 0) is 9.59 Å². The van der Waals surface area contributed by atoms with Crippen LogP contribution < -0.4 is 15.3 Å². The minimum atomic E-state index is -0.376. The second-order valence-electron chi connectivity index (χ2n) is 9.36. The van der Waals surface area contributed by atoms with Crippen LogP contribution in [0.1, 0.15) is 23.2 Å². The molecule has 11 nitrogen and oxygen atoms in total. The molecule has 11 heteroatoms. The summed E-state index contributed by atoms with van der Waals surface area (Å²) in [5.41, 5.74) is 4.54. The highest BCUT2D eigenvalue weighted by Crippen LogP contribution is 2.32. The number of piperazine rings is 1. The van der Waals surface area contributed by atoms with Gasteiger partial charge in [0.2, 0.25) is 17.8 Å². The zero-order valence-corrected chi connectivity index (χ0v) is 20.1. The summed E-state index contributed by atoms with van der Waals surface area (Å²) in [5.74, 6) is -0.520. The molecule has 0 saturated carbocycles. The number of fused-ring (bicyclic) bond motifs is 1. The zero-order valence-electron chi connectivity index (χ0n) is 20.1. The first-order chi connectivity index (χ1) is 18.1. The molecule has 6 rings (SSSR count). The van der Waals surface area contributed by atoms with Crippen LogP contribution in [0.25, 0.3) is 5.69 Å². The van der Waals surface area contributed by atoms with Gasteiger partial charge in [-0.05, 0) is 53.6 Å². The number of carbonyl (C=O) groups is 3. The Morgan fingerprint density at radius 2 is 1.59 bits per heavy atom. The summed E-state index contributed by atoms with van der Waals surface area (Å²) in [6, 6.07) is 16.5. The van der Waals surface area contributed by atoms with Crippen LogP contribution in [0, 0.1) is 11.8 Å². The predicted molar refractivity (Wildman–Crippen MR) is 135 cm³/mol.